The van der Waals surface area contributed by atoms with Crippen molar-refractivity contribution in [1.82, 2.24) is 19.9 Å². The van der Waals surface area contributed by atoms with Gasteiger partial charge in [0, 0.05) is 45.4 Å². The normalized spacial score (nSPS) is 16.4. The van der Waals surface area contributed by atoms with Gasteiger partial charge in [0.1, 0.15) is 74.1 Å². The van der Waals surface area contributed by atoms with E-state index >= 15 is 0 Å². The Labute approximate surface area is 528 Å². The largest absolute Gasteiger partial charge is 0.491 e. The Morgan fingerprint density at radius 3 is 1.04 bits per heavy atom. The molecule has 16 heteroatoms. The van der Waals surface area contributed by atoms with Crippen LogP contribution < -0.4 is 28.4 Å². The maximum Gasteiger partial charge on any atom is 0.127 e. The van der Waals surface area contributed by atoms with Gasteiger partial charge >= 0.3 is 0 Å². The highest BCUT2D eigenvalue weighted by atomic mass is 16.6. The molecule has 0 unspecified atom stereocenters. The molecule has 7 aliphatic heterocycles. The number of nitrogens with one attached hydrogen (secondary N) is 2. The van der Waals surface area contributed by atoms with Gasteiger partial charge in [-0.25, -0.2) is 9.97 Å². The Balaban J connectivity index is 1.13. The number of allylic oxidation sites excluding steroid dienone is 4. The van der Waals surface area contributed by atoms with E-state index in [4.69, 9.17) is 66.8 Å². The van der Waals surface area contributed by atoms with Crippen LogP contribution in [0.2, 0.25) is 0 Å². The quantitative estimate of drug-likeness (QED) is 0.171. The molecule has 0 saturated carbocycles. The zero-order valence-electron chi connectivity index (χ0n) is 53.6. The first kappa shape index (κ1) is 63.6. The van der Waals surface area contributed by atoms with Gasteiger partial charge in [0.2, 0.25) is 0 Å². The maximum atomic E-state index is 7.05. The van der Waals surface area contributed by atoms with Gasteiger partial charge in [-0.05, 0) is 158 Å². The molecular formula is C74H86N4O12. The fourth-order valence-corrected chi connectivity index (χ4v) is 12.5. The average molecular weight is 1220 g/mol. The third kappa shape index (κ3) is 14.8. The molecule has 0 saturated heterocycles. The predicted molar refractivity (Wildman–Crippen MR) is 354 cm³/mol. The standard InChI is InChI=1S/C74H86N4O12/c1-9-57-47(5)71-69-61-17-13-15-19-67(61)89-45-51-37-53-41-54(38-51)86-34-30-82-26-22-80-24-28-84-32-36-88-56-40-52(39-55(42-56)87-35-31-83-27-23-79-21-25-81-29-33-85-53)46-90-68-20-16-14-18-62(68)70(73-48(6)58(10-2)64(76-73)43-63(57)75-71)74-50(8)60(12-4)66(78-74)44-65-59(11-3)49(7)72(69)77-65/h13-20,37-44,75,77H,9-12,21-36,45-46H2,1-8H3. The van der Waals surface area contributed by atoms with E-state index in [0.29, 0.717) is 140 Å². The predicted octanol–water partition coefficient (Wildman–Crippen LogP) is 14.9. The third-order valence-electron chi connectivity index (χ3n) is 16.9. The smallest absolute Gasteiger partial charge is 0.127 e. The van der Waals surface area contributed by atoms with Crippen molar-refractivity contribution in [2.75, 3.05) is 106 Å². The fourth-order valence-electron chi connectivity index (χ4n) is 12.5. The number of hydrogen-bond donors (Lipinski definition) is 2. The Hall–Kier alpha value is -7.96. The molecule has 0 aliphatic carbocycles. The number of hydrogen-bond acceptors (Lipinski definition) is 14. The zero-order valence-corrected chi connectivity index (χ0v) is 53.6. The number of ether oxygens (including phenoxy) is 12. The van der Waals surface area contributed by atoms with Gasteiger partial charge in [-0.3, -0.25) is 0 Å². The molecule has 90 heavy (non-hydrogen) atoms. The average Bonchev–Trinajstić information content (AvgIpc) is 1.61. The fraction of sp³-hybridized carbons (Fsp3) is 0.405. The van der Waals surface area contributed by atoms with Crippen molar-refractivity contribution in [3.8, 4) is 56.8 Å². The van der Waals surface area contributed by atoms with Crippen molar-refractivity contribution in [3.05, 3.63) is 153 Å². The van der Waals surface area contributed by atoms with E-state index in [9.17, 15) is 0 Å². The summed E-state index contributed by atoms with van der Waals surface area (Å²) in [5.74, 6) is 3.90. The van der Waals surface area contributed by atoms with Gasteiger partial charge in [-0.1, -0.05) is 64.1 Å². The number of aryl methyl sites for hydroxylation is 4. The van der Waals surface area contributed by atoms with Crippen LogP contribution in [0.15, 0.2) is 97.1 Å². The second-order valence-electron chi connectivity index (χ2n) is 22.6. The van der Waals surface area contributed by atoms with E-state index in [1.165, 1.54) is 11.1 Å². The summed E-state index contributed by atoms with van der Waals surface area (Å²) in [6.45, 7) is 24.1. The van der Waals surface area contributed by atoms with Gasteiger partial charge in [-0.2, -0.15) is 0 Å². The molecule has 4 aromatic carbocycles. The SMILES string of the molecule is CCC1=C(C)c2nc1cc1[nH]c(c(C)c1CC)c1c3[nH]c(cc4nc(c2-c2ccccc2OCc2cc5cc(c2)OCCOCCOCCOCCOc2cc(cc(c2)OCCOCCOCCOCCO5)COc2ccccc2-1)C(C)=C4CC)c(CC)c3C. The summed E-state index contributed by atoms with van der Waals surface area (Å²) in [5.41, 5.74) is 22.2. The van der Waals surface area contributed by atoms with E-state index < -0.39 is 0 Å². The minimum atomic E-state index is 0.207. The van der Waals surface area contributed by atoms with Crippen LogP contribution in [-0.4, -0.2) is 126 Å². The molecule has 0 spiro atoms. The lowest BCUT2D eigenvalue weighted by Gasteiger charge is -2.16. The molecule has 0 radical (unpaired) electrons. The van der Waals surface area contributed by atoms with Crippen LogP contribution in [-0.2, 0) is 54.5 Å². The Morgan fingerprint density at radius 1 is 0.367 bits per heavy atom. The van der Waals surface area contributed by atoms with Gasteiger partial charge in [0.15, 0.2) is 0 Å². The van der Waals surface area contributed by atoms with E-state index in [-0.39, 0.29) is 13.2 Å². The molecule has 7 aliphatic rings. The van der Waals surface area contributed by atoms with Crippen LogP contribution in [0, 0.1) is 13.8 Å². The summed E-state index contributed by atoms with van der Waals surface area (Å²) >= 11 is 0. The molecule has 0 atom stereocenters. The Bertz CT molecular complexity index is 3710. The molecule has 2 N–H and O–H groups in total. The Morgan fingerprint density at radius 2 is 0.700 bits per heavy atom. The van der Waals surface area contributed by atoms with Crippen molar-refractivity contribution in [2.24, 2.45) is 0 Å². The molecule has 14 rings (SSSR count). The molecule has 16 bridgehead atoms. The topological polar surface area (TPSA) is 168 Å². The van der Waals surface area contributed by atoms with Gasteiger partial charge in [-0.15, -0.1) is 0 Å². The molecule has 0 fully saturated rings. The Kier molecular flexibility index (Phi) is 21.7. The van der Waals surface area contributed by atoms with Crippen molar-refractivity contribution < 1.29 is 56.8 Å². The molecule has 7 aromatic rings. The zero-order chi connectivity index (χ0) is 62.3. The first-order valence-corrected chi connectivity index (χ1v) is 32.0. The number of rotatable bonds is 4. The number of aromatic amines is 2. The van der Waals surface area contributed by atoms with Crippen molar-refractivity contribution >= 4 is 44.4 Å². The van der Waals surface area contributed by atoms with Crippen LogP contribution >= 0.6 is 0 Å². The monoisotopic (exact) mass is 1220 g/mol. The first-order valence-electron chi connectivity index (χ1n) is 32.0. The highest BCUT2D eigenvalue weighted by Gasteiger charge is 2.29. The van der Waals surface area contributed by atoms with Crippen LogP contribution in [0.25, 0.3) is 66.6 Å². The summed E-state index contributed by atoms with van der Waals surface area (Å²) in [6, 6.07) is 32.9. The summed E-state index contributed by atoms with van der Waals surface area (Å²) in [7, 11) is 0. The number of benzene rings is 4. The summed E-state index contributed by atoms with van der Waals surface area (Å²) < 4.78 is 74.9. The van der Waals surface area contributed by atoms with Crippen LogP contribution in [0.1, 0.15) is 111 Å². The summed E-state index contributed by atoms with van der Waals surface area (Å²) in [6.07, 6.45) is 3.09. The second-order valence-corrected chi connectivity index (χ2v) is 22.6. The van der Waals surface area contributed by atoms with Gasteiger partial charge in [0.05, 0.1) is 113 Å². The first-order chi connectivity index (χ1) is 44.1. The highest BCUT2D eigenvalue weighted by Crippen LogP contribution is 2.47. The maximum absolute atomic E-state index is 7.05. The van der Waals surface area contributed by atoms with Gasteiger partial charge in [0.25, 0.3) is 0 Å². The van der Waals surface area contributed by atoms with Crippen LogP contribution in [0.4, 0.5) is 0 Å². The molecule has 10 heterocycles. The molecule has 0 amide bonds. The molecular weight excluding hydrogens is 1140 g/mol. The summed E-state index contributed by atoms with van der Waals surface area (Å²) in [5, 5.41) is 0. The summed E-state index contributed by atoms with van der Waals surface area (Å²) in [4.78, 5) is 19.6. The van der Waals surface area contributed by atoms with Crippen LogP contribution in [0.5, 0.6) is 34.5 Å². The van der Waals surface area contributed by atoms with Crippen molar-refractivity contribution in [3.63, 3.8) is 0 Å². The van der Waals surface area contributed by atoms with E-state index in [0.717, 1.165) is 137 Å². The molecule has 16 nitrogen and oxygen atoms in total. The van der Waals surface area contributed by atoms with E-state index in [1.54, 1.807) is 0 Å². The number of para-hydroxylation sites is 2. The van der Waals surface area contributed by atoms with Gasteiger partial charge < -0.3 is 66.8 Å². The van der Waals surface area contributed by atoms with Crippen molar-refractivity contribution in [2.45, 2.75) is 94.3 Å². The number of nitrogens with zero attached hydrogens (tertiary/aromatic N) is 2. The number of aromatic nitrogens is 4. The number of H-pyrrole nitrogens is 2. The lowest BCUT2D eigenvalue weighted by atomic mass is 9.93. The lowest BCUT2D eigenvalue weighted by Crippen LogP contribution is -2.15. The lowest BCUT2D eigenvalue weighted by molar-refractivity contribution is 0.00432. The highest BCUT2D eigenvalue weighted by molar-refractivity contribution is 6.04. The third-order valence-corrected chi connectivity index (χ3v) is 16.9. The van der Waals surface area contributed by atoms with E-state index in [1.807, 2.05) is 54.6 Å². The second kappa shape index (κ2) is 30.7. The van der Waals surface area contributed by atoms with Crippen molar-refractivity contribution in [1.29, 1.82) is 0 Å². The molecule has 474 valence electrons. The minimum Gasteiger partial charge on any atom is -0.491 e. The van der Waals surface area contributed by atoms with E-state index in [2.05, 4.69) is 108 Å². The molecule has 3 aromatic heterocycles. The minimum absolute atomic E-state index is 0.207. The van der Waals surface area contributed by atoms with Crippen LogP contribution in [0.3, 0.4) is 0 Å².